The number of fused-ring (bicyclic) bond motifs is 1. The SMILES string of the molecule is Nc1cnoc1CCc1c[nH]c2ccccc12. The van der Waals surface area contributed by atoms with Crippen LogP contribution in [0.3, 0.4) is 0 Å². The van der Waals surface area contributed by atoms with Crippen molar-refractivity contribution in [1.82, 2.24) is 10.1 Å². The number of hydrogen-bond donors (Lipinski definition) is 2. The normalized spacial score (nSPS) is 11.1. The van der Waals surface area contributed by atoms with Gasteiger partial charge in [-0.25, -0.2) is 0 Å². The lowest BCUT2D eigenvalue weighted by molar-refractivity contribution is 0.384. The molecule has 2 aromatic heterocycles. The minimum absolute atomic E-state index is 0.629. The van der Waals surface area contributed by atoms with E-state index in [0.717, 1.165) is 24.1 Å². The maximum absolute atomic E-state index is 5.73. The molecule has 0 amide bonds. The van der Waals surface area contributed by atoms with E-state index >= 15 is 0 Å². The topological polar surface area (TPSA) is 67.8 Å². The summed E-state index contributed by atoms with van der Waals surface area (Å²) >= 11 is 0. The third-order valence-corrected chi connectivity index (χ3v) is 2.97. The average Bonchev–Trinajstić information content (AvgIpc) is 2.93. The van der Waals surface area contributed by atoms with Gasteiger partial charge in [-0.2, -0.15) is 0 Å². The zero-order chi connectivity index (χ0) is 11.7. The minimum Gasteiger partial charge on any atom is -0.395 e. The van der Waals surface area contributed by atoms with Gasteiger partial charge in [-0.15, -0.1) is 0 Å². The third-order valence-electron chi connectivity index (χ3n) is 2.97. The van der Waals surface area contributed by atoms with Crippen LogP contribution in [0.2, 0.25) is 0 Å². The predicted octanol–water partition coefficient (Wildman–Crippen LogP) is 2.52. The summed E-state index contributed by atoms with van der Waals surface area (Å²) < 4.78 is 5.09. The second kappa shape index (κ2) is 3.97. The molecule has 1 aromatic carbocycles. The number of nitrogen functional groups attached to an aromatic ring is 1. The van der Waals surface area contributed by atoms with Gasteiger partial charge in [0.25, 0.3) is 0 Å². The molecule has 0 aliphatic rings. The van der Waals surface area contributed by atoms with Crippen LogP contribution in [0.4, 0.5) is 5.69 Å². The molecule has 0 atom stereocenters. The molecule has 3 rings (SSSR count). The number of benzene rings is 1. The number of rotatable bonds is 3. The lowest BCUT2D eigenvalue weighted by atomic mass is 10.1. The summed E-state index contributed by atoms with van der Waals surface area (Å²) in [5, 5.41) is 4.93. The number of hydrogen-bond acceptors (Lipinski definition) is 3. The maximum Gasteiger partial charge on any atom is 0.159 e. The second-order valence-electron chi connectivity index (χ2n) is 4.06. The molecule has 3 aromatic rings. The lowest BCUT2D eigenvalue weighted by Gasteiger charge is -1.97. The molecule has 0 bridgehead atoms. The van der Waals surface area contributed by atoms with Crippen LogP contribution < -0.4 is 5.73 Å². The summed E-state index contributed by atoms with van der Waals surface area (Å²) in [4.78, 5) is 3.26. The molecule has 17 heavy (non-hydrogen) atoms. The molecule has 4 nitrogen and oxygen atoms in total. The number of aromatic amines is 1. The standard InChI is InChI=1S/C13H13N3O/c14-11-8-16-17-13(11)6-5-9-7-15-12-4-2-1-3-10(9)12/h1-4,7-8,15H,5-6,14H2. The van der Waals surface area contributed by atoms with Crippen molar-refractivity contribution in [3.8, 4) is 0 Å². The summed E-state index contributed by atoms with van der Waals surface area (Å²) in [6.45, 7) is 0. The molecule has 0 saturated carbocycles. The molecule has 0 aliphatic carbocycles. The van der Waals surface area contributed by atoms with E-state index in [0.29, 0.717) is 5.69 Å². The first kappa shape index (κ1) is 9.96. The molecule has 0 saturated heterocycles. The first-order chi connectivity index (χ1) is 8.34. The number of nitrogens with two attached hydrogens (primary N) is 1. The summed E-state index contributed by atoms with van der Waals surface area (Å²) in [5.41, 5.74) is 8.79. The van der Waals surface area contributed by atoms with Gasteiger partial charge in [0.15, 0.2) is 5.76 Å². The quantitative estimate of drug-likeness (QED) is 0.722. The average molecular weight is 227 g/mol. The van der Waals surface area contributed by atoms with Crippen molar-refractivity contribution in [1.29, 1.82) is 0 Å². The molecule has 0 radical (unpaired) electrons. The van der Waals surface area contributed by atoms with Crippen molar-refractivity contribution in [3.05, 3.63) is 48.0 Å². The molecular weight excluding hydrogens is 214 g/mol. The largest absolute Gasteiger partial charge is 0.395 e. The van der Waals surface area contributed by atoms with E-state index in [-0.39, 0.29) is 0 Å². The van der Waals surface area contributed by atoms with Gasteiger partial charge in [0.1, 0.15) is 0 Å². The van der Waals surface area contributed by atoms with Gasteiger partial charge in [0.2, 0.25) is 0 Å². The Kier molecular flexibility index (Phi) is 2.33. The highest BCUT2D eigenvalue weighted by molar-refractivity contribution is 5.83. The number of nitrogens with zero attached hydrogens (tertiary/aromatic N) is 1. The molecule has 4 heteroatoms. The van der Waals surface area contributed by atoms with Gasteiger partial charge in [-0.05, 0) is 18.1 Å². The van der Waals surface area contributed by atoms with Crippen LogP contribution in [0.5, 0.6) is 0 Å². The van der Waals surface area contributed by atoms with E-state index < -0.39 is 0 Å². The number of H-pyrrole nitrogens is 1. The van der Waals surface area contributed by atoms with E-state index in [9.17, 15) is 0 Å². The molecule has 0 fully saturated rings. The van der Waals surface area contributed by atoms with E-state index in [2.05, 4.69) is 22.3 Å². The van der Waals surface area contributed by atoms with Crippen LogP contribution in [-0.2, 0) is 12.8 Å². The number of para-hydroxylation sites is 1. The number of aromatic nitrogens is 2. The summed E-state index contributed by atoms with van der Waals surface area (Å²) in [5.74, 6) is 0.760. The van der Waals surface area contributed by atoms with Gasteiger partial charge in [0, 0.05) is 23.5 Å². The lowest BCUT2D eigenvalue weighted by Crippen LogP contribution is -1.93. The Balaban J connectivity index is 1.84. The highest BCUT2D eigenvalue weighted by atomic mass is 16.5. The van der Waals surface area contributed by atoms with Crippen molar-refractivity contribution < 1.29 is 4.52 Å². The van der Waals surface area contributed by atoms with Crippen LogP contribution in [0, 0.1) is 0 Å². The molecule has 86 valence electrons. The first-order valence-corrected chi connectivity index (χ1v) is 5.58. The highest BCUT2D eigenvalue weighted by Gasteiger charge is 2.07. The second-order valence-corrected chi connectivity index (χ2v) is 4.06. The number of nitrogens with one attached hydrogen (secondary N) is 1. The monoisotopic (exact) mass is 227 g/mol. The van der Waals surface area contributed by atoms with Gasteiger partial charge in [0.05, 0.1) is 11.9 Å². The van der Waals surface area contributed by atoms with Crippen LogP contribution in [-0.4, -0.2) is 10.1 Å². The van der Waals surface area contributed by atoms with Crippen molar-refractivity contribution in [2.45, 2.75) is 12.8 Å². The summed E-state index contributed by atoms with van der Waals surface area (Å²) in [6.07, 6.45) is 5.25. The van der Waals surface area contributed by atoms with E-state index in [1.165, 1.54) is 10.9 Å². The highest BCUT2D eigenvalue weighted by Crippen LogP contribution is 2.20. The van der Waals surface area contributed by atoms with Crippen LogP contribution >= 0.6 is 0 Å². The number of aryl methyl sites for hydroxylation is 2. The fourth-order valence-corrected chi connectivity index (χ4v) is 2.05. The zero-order valence-electron chi connectivity index (χ0n) is 9.31. The maximum atomic E-state index is 5.73. The molecule has 2 heterocycles. The van der Waals surface area contributed by atoms with Crippen molar-refractivity contribution in [2.75, 3.05) is 5.73 Å². The zero-order valence-corrected chi connectivity index (χ0v) is 9.31. The fraction of sp³-hybridized carbons (Fsp3) is 0.154. The Hall–Kier alpha value is -2.23. The van der Waals surface area contributed by atoms with E-state index in [4.69, 9.17) is 10.3 Å². The van der Waals surface area contributed by atoms with E-state index in [1.54, 1.807) is 6.20 Å². The van der Waals surface area contributed by atoms with Crippen molar-refractivity contribution >= 4 is 16.6 Å². The summed E-state index contributed by atoms with van der Waals surface area (Å²) in [6, 6.07) is 8.26. The molecule has 0 spiro atoms. The van der Waals surface area contributed by atoms with Gasteiger partial charge in [-0.1, -0.05) is 23.4 Å². The molecule has 0 aliphatic heterocycles. The van der Waals surface area contributed by atoms with Crippen LogP contribution in [0.1, 0.15) is 11.3 Å². The number of anilines is 1. The Morgan fingerprint density at radius 2 is 2.12 bits per heavy atom. The first-order valence-electron chi connectivity index (χ1n) is 5.58. The Bertz CT molecular complexity index is 639. The third kappa shape index (κ3) is 1.78. The van der Waals surface area contributed by atoms with Gasteiger partial charge in [-0.3, -0.25) is 0 Å². The smallest absolute Gasteiger partial charge is 0.159 e. The Labute approximate surface area is 98.4 Å². The van der Waals surface area contributed by atoms with Gasteiger partial charge >= 0.3 is 0 Å². The molecule has 0 unspecified atom stereocenters. The predicted molar refractivity (Wildman–Crippen MR) is 66.6 cm³/mol. The fourth-order valence-electron chi connectivity index (χ4n) is 2.05. The van der Waals surface area contributed by atoms with Crippen LogP contribution in [0.25, 0.3) is 10.9 Å². The Morgan fingerprint density at radius 3 is 2.94 bits per heavy atom. The Morgan fingerprint density at radius 1 is 1.24 bits per heavy atom. The van der Waals surface area contributed by atoms with Gasteiger partial charge < -0.3 is 15.2 Å². The van der Waals surface area contributed by atoms with Crippen LogP contribution in [0.15, 0.2) is 41.2 Å². The van der Waals surface area contributed by atoms with Crippen molar-refractivity contribution in [3.63, 3.8) is 0 Å². The summed E-state index contributed by atoms with van der Waals surface area (Å²) in [7, 11) is 0. The molecular formula is C13H13N3O. The van der Waals surface area contributed by atoms with Crippen molar-refractivity contribution in [2.24, 2.45) is 0 Å². The minimum atomic E-state index is 0.629. The molecule has 3 N–H and O–H groups in total. The van der Waals surface area contributed by atoms with E-state index in [1.807, 2.05) is 18.3 Å².